The van der Waals surface area contributed by atoms with Crippen molar-refractivity contribution >= 4 is 0 Å². The van der Waals surface area contributed by atoms with Gasteiger partial charge in [0.15, 0.2) is 11.5 Å². The third-order valence-electron chi connectivity index (χ3n) is 6.58. The van der Waals surface area contributed by atoms with Gasteiger partial charge in [0.05, 0.1) is 32.8 Å². The van der Waals surface area contributed by atoms with Gasteiger partial charge in [0, 0.05) is 5.56 Å². The smallest absolute Gasteiger partial charge is 0.203 e. The number of rotatable bonds is 14. The third kappa shape index (κ3) is 6.65. The first-order valence-electron chi connectivity index (χ1n) is 11.9. The summed E-state index contributed by atoms with van der Waals surface area (Å²) in [4.78, 5) is 2.37. The van der Waals surface area contributed by atoms with Gasteiger partial charge in [0.25, 0.3) is 0 Å². The molecule has 180 valence electrons. The number of nitriles is 1. The molecular weight excluding hydrogens is 412 g/mol. The summed E-state index contributed by atoms with van der Waals surface area (Å²) in [5.41, 5.74) is 1.60. The average Bonchev–Trinajstić information content (AvgIpc) is 2.84. The van der Waals surface area contributed by atoms with Crippen LogP contribution in [-0.2, 0) is 11.8 Å². The van der Waals surface area contributed by atoms with Crippen LogP contribution >= 0.6 is 0 Å². The molecule has 0 aliphatic carbocycles. The maximum absolute atomic E-state index is 10.4. The van der Waals surface area contributed by atoms with Gasteiger partial charge in [0.1, 0.15) is 0 Å². The molecule has 0 saturated carbocycles. The summed E-state index contributed by atoms with van der Waals surface area (Å²) in [6.07, 6.45) is 5.16. The van der Waals surface area contributed by atoms with E-state index >= 15 is 0 Å². The van der Waals surface area contributed by atoms with Gasteiger partial charge >= 0.3 is 0 Å². The van der Waals surface area contributed by atoms with Crippen LogP contribution in [0.5, 0.6) is 17.2 Å². The van der Waals surface area contributed by atoms with Crippen LogP contribution in [0, 0.1) is 17.2 Å². The minimum atomic E-state index is -0.668. The second-order valence-electron chi connectivity index (χ2n) is 8.97. The van der Waals surface area contributed by atoms with Crippen molar-refractivity contribution < 1.29 is 14.2 Å². The van der Waals surface area contributed by atoms with E-state index in [1.807, 2.05) is 12.1 Å². The zero-order valence-corrected chi connectivity index (χ0v) is 21.2. The zero-order chi connectivity index (χ0) is 24.3. The Balaban J connectivity index is 2.02. The molecule has 1 atom stereocenters. The summed E-state index contributed by atoms with van der Waals surface area (Å²) >= 11 is 0. The van der Waals surface area contributed by atoms with E-state index in [0.29, 0.717) is 17.2 Å². The van der Waals surface area contributed by atoms with Crippen molar-refractivity contribution in [1.82, 2.24) is 4.90 Å². The van der Waals surface area contributed by atoms with E-state index in [9.17, 15) is 5.26 Å². The van der Waals surface area contributed by atoms with Crippen molar-refractivity contribution in [3.63, 3.8) is 0 Å². The first-order valence-corrected chi connectivity index (χ1v) is 11.9. The van der Waals surface area contributed by atoms with Gasteiger partial charge in [-0.1, -0.05) is 44.2 Å². The highest BCUT2D eigenvalue weighted by atomic mass is 16.5. The van der Waals surface area contributed by atoms with Gasteiger partial charge < -0.3 is 19.1 Å². The fraction of sp³-hybridized carbons (Fsp3) is 0.536. The van der Waals surface area contributed by atoms with Crippen LogP contribution in [-0.4, -0.2) is 46.4 Å². The molecule has 0 radical (unpaired) electrons. The fourth-order valence-electron chi connectivity index (χ4n) is 4.53. The summed E-state index contributed by atoms with van der Waals surface area (Å²) in [6, 6.07) is 17.1. The van der Waals surface area contributed by atoms with Gasteiger partial charge in [-0.05, 0) is 75.9 Å². The number of nitrogens with zero attached hydrogens (tertiary/aromatic N) is 2. The average molecular weight is 453 g/mol. The van der Waals surface area contributed by atoms with Gasteiger partial charge in [-0.15, -0.1) is 0 Å². The topological polar surface area (TPSA) is 54.7 Å². The normalized spacial score (nSPS) is 12.9. The lowest BCUT2D eigenvalue weighted by Crippen LogP contribution is -2.33. The number of ether oxygens (including phenoxy) is 3. The highest BCUT2D eigenvalue weighted by Gasteiger charge is 2.39. The van der Waals surface area contributed by atoms with Crippen molar-refractivity contribution in [1.29, 1.82) is 5.26 Å². The van der Waals surface area contributed by atoms with E-state index in [4.69, 9.17) is 14.2 Å². The Bertz CT molecular complexity index is 892. The van der Waals surface area contributed by atoms with Crippen LogP contribution in [0.1, 0.15) is 50.7 Å². The number of methoxy groups -OCH3 is 3. The Morgan fingerprint density at radius 1 is 0.879 bits per heavy atom. The van der Waals surface area contributed by atoms with E-state index < -0.39 is 5.41 Å². The number of hydrogen-bond acceptors (Lipinski definition) is 5. The Hall–Kier alpha value is -2.71. The molecule has 0 fully saturated rings. The van der Waals surface area contributed by atoms with Crippen LogP contribution in [0.15, 0.2) is 42.5 Å². The Kier molecular flexibility index (Phi) is 10.5. The maximum atomic E-state index is 10.4. The molecule has 0 aliphatic rings. The lowest BCUT2D eigenvalue weighted by Gasteiger charge is -2.34. The van der Waals surface area contributed by atoms with Gasteiger partial charge in [-0.25, -0.2) is 0 Å². The van der Waals surface area contributed by atoms with E-state index in [0.717, 1.165) is 37.9 Å². The van der Waals surface area contributed by atoms with Crippen molar-refractivity contribution in [2.24, 2.45) is 5.92 Å². The first kappa shape index (κ1) is 26.5. The largest absolute Gasteiger partial charge is 0.493 e. The second kappa shape index (κ2) is 13.1. The molecule has 5 heteroatoms. The number of aryl methyl sites for hydroxylation is 1. The molecule has 0 unspecified atom stereocenters. The second-order valence-corrected chi connectivity index (χ2v) is 8.97. The van der Waals surface area contributed by atoms with Crippen LogP contribution in [0.4, 0.5) is 0 Å². The molecule has 0 aliphatic heterocycles. The highest BCUT2D eigenvalue weighted by molar-refractivity contribution is 5.59. The van der Waals surface area contributed by atoms with Crippen molar-refractivity contribution in [2.45, 2.75) is 51.4 Å². The Labute approximate surface area is 200 Å². The van der Waals surface area contributed by atoms with E-state index in [1.54, 1.807) is 21.3 Å². The summed E-state index contributed by atoms with van der Waals surface area (Å²) in [5, 5.41) is 10.4. The lowest BCUT2D eigenvalue weighted by atomic mass is 9.69. The number of unbranched alkanes of at least 4 members (excludes halogenated alkanes) is 1. The van der Waals surface area contributed by atoms with Crippen LogP contribution in [0.25, 0.3) is 0 Å². The van der Waals surface area contributed by atoms with Crippen molar-refractivity contribution in [3.8, 4) is 23.3 Å². The monoisotopic (exact) mass is 452 g/mol. The standard InChI is InChI=1S/C28H40N2O3/c1-22(2)28(21-29,24-16-17-25(31-4)27(33-6)26(24)32-5)18-12-20-30(3)19-11-10-15-23-13-8-7-9-14-23/h7-9,13-14,16-17,22H,10-12,15,18-20H2,1-6H3/t28-/m1/s1. The Morgan fingerprint density at radius 2 is 1.55 bits per heavy atom. The predicted molar refractivity (Wildman–Crippen MR) is 134 cm³/mol. The van der Waals surface area contributed by atoms with Crippen molar-refractivity contribution in [2.75, 3.05) is 41.5 Å². The predicted octanol–water partition coefficient (Wildman–Crippen LogP) is 5.86. The Morgan fingerprint density at radius 3 is 2.12 bits per heavy atom. The fourth-order valence-corrected chi connectivity index (χ4v) is 4.53. The molecule has 0 N–H and O–H groups in total. The molecule has 0 saturated heterocycles. The molecule has 5 nitrogen and oxygen atoms in total. The van der Waals surface area contributed by atoms with Crippen LogP contribution in [0.3, 0.4) is 0 Å². The number of hydrogen-bond donors (Lipinski definition) is 0. The molecule has 2 aromatic carbocycles. The van der Waals surface area contributed by atoms with Crippen molar-refractivity contribution in [3.05, 3.63) is 53.6 Å². The number of benzene rings is 2. The van der Waals surface area contributed by atoms with Gasteiger partial charge in [-0.3, -0.25) is 0 Å². The van der Waals surface area contributed by atoms with E-state index in [2.05, 4.69) is 62.2 Å². The minimum absolute atomic E-state index is 0.116. The molecule has 0 heterocycles. The molecular formula is C28H40N2O3. The summed E-state index contributed by atoms with van der Waals surface area (Å²) in [5.74, 6) is 1.84. The molecule has 0 spiro atoms. The lowest BCUT2D eigenvalue weighted by molar-refractivity contribution is 0.277. The molecule has 2 rings (SSSR count). The molecule has 0 aromatic heterocycles. The molecule has 0 amide bonds. The summed E-state index contributed by atoms with van der Waals surface area (Å²) in [6.45, 7) is 6.23. The molecule has 33 heavy (non-hydrogen) atoms. The minimum Gasteiger partial charge on any atom is -0.493 e. The van der Waals surface area contributed by atoms with E-state index in [-0.39, 0.29) is 5.92 Å². The summed E-state index contributed by atoms with van der Waals surface area (Å²) in [7, 11) is 6.99. The summed E-state index contributed by atoms with van der Waals surface area (Å²) < 4.78 is 16.7. The van der Waals surface area contributed by atoms with Gasteiger partial charge in [0.2, 0.25) is 5.75 Å². The van der Waals surface area contributed by atoms with Gasteiger partial charge in [-0.2, -0.15) is 5.26 Å². The highest BCUT2D eigenvalue weighted by Crippen LogP contribution is 2.48. The SMILES string of the molecule is COc1ccc([C@@](C#N)(CCCN(C)CCCCc2ccccc2)C(C)C)c(OC)c1OC. The first-order chi connectivity index (χ1) is 15.9. The maximum Gasteiger partial charge on any atom is 0.203 e. The quantitative estimate of drug-likeness (QED) is 0.336. The van der Waals surface area contributed by atoms with E-state index in [1.165, 1.54) is 18.4 Å². The molecule has 0 bridgehead atoms. The molecule has 2 aromatic rings. The van der Waals surface area contributed by atoms with Crippen LogP contribution in [0.2, 0.25) is 0 Å². The zero-order valence-electron chi connectivity index (χ0n) is 21.2. The third-order valence-corrected chi connectivity index (χ3v) is 6.58. The van der Waals surface area contributed by atoms with Crippen LogP contribution < -0.4 is 14.2 Å².